The van der Waals surface area contributed by atoms with Gasteiger partial charge in [0.1, 0.15) is 0 Å². The molecule has 2 unspecified atom stereocenters. The molecule has 0 aromatic heterocycles. The van der Waals surface area contributed by atoms with Gasteiger partial charge in [-0.3, -0.25) is 4.79 Å². The Balaban J connectivity index is 2.52. The predicted molar refractivity (Wildman–Crippen MR) is 82.3 cm³/mol. The van der Waals surface area contributed by atoms with Gasteiger partial charge >= 0.3 is 12.0 Å². The fraction of sp³-hybridized carbons (Fsp3) is 0.867. The zero-order valence-electron chi connectivity index (χ0n) is 13.7. The normalized spacial score (nSPS) is 23.4. The van der Waals surface area contributed by atoms with Crippen molar-refractivity contribution in [3.63, 3.8) is 0 Å². The Morgan fingerprint density at radius 3 is 2.38 bits per heavy atom. The molecule has 2 N–H and O–H groups in total. The van der Waals surface area contributed by atoms with Gasteiger partial charge in [0.2, 0.25) is 0 Å². The van der Waals surface area contributed by atoms with Crippen LogP contribution in [0.25, 0.3) is 0 Å². The van der Waals surface area contributed by atoms with Crippen molar-refractivity contribution in [1.82, 2.24) is 15.1 Å². The summed E-state index contributed by atoms with van der Waals surface area (Å²) in [7, 11) is 0. The quantitative estimate of drug-likeness (QED) is 0.749. The molecular formula is C15H29N3O3. The Hall–Kier alpha value is -1.30. The highest BCUT2D eigenvalue weighted by molar-refractivity contribution is 5.79. The molecule has 0 aromatic carbocycles. The molecule has 0 aliphatic carbocycles. The molecule has 1 aliphatic heterocycles. The van der Waals surface area contributed by atoms with Crippen molar-refractivity contribution in [2.75, 3.05) is 32.7 Å². The van der Waals surface area contributed by atoms with Crippen LogP contribution >= 0.6 is 0 Å². The van der Waals surface area contributed by atoms with E-state index in [4.69, 9.17) is 0 Å². The van der Waals surface area contributed by atoms with E-state index in [1.165, 1.54) is 0 Å². The first-order valence-electron chi connectivity index (χ1n) is 7.89. The van der Waals surface area contributed by atoms with Crippen LogP contribution < -0.4 is 5.32 Å². The van der Waals surface area contributed by atoms with Crippen LogP contribution in [0.1, 0.15) is 40.5 Å². The van der Waals surface area contributed by atoms with Crippen molar-refractivity contribution < 1.29 is 14.7 Å². The molecule has 2 atom stereocenters. The Morgan fingerprint density at radius 1 is 1.33 bits per heavy atom. The Morgan fingerprint density at radius 2 is 1.95 bits per heavy atom. The van der Waals surface area contributed by atoms with Gasteiger partial charge in [-0.25, -0.2) is 4.79 Å². The number of aliphatic carboxylic acids is 1. The van der Waals surface area contributed by atoms with Crippen LogP contribution in [0.15, 0.2) is 0 Å². The average molecular weight is 299 g/mol. The zero-order valence-corrected chi connectivity index (χ0v) is 13.7. The summed E-state index contributed by atoms with van der Waals surface area (Å²) in [6, 6.07) is -0.0925. The molecule has 1 aliphatic rings. The lowest BCUT2D eigenvalue weighted by Gasteiger charge is -2.27. The number of likely N-dealkylation sites (tertiary alicyclic amines) is 1. The van der Waals surface area contributed by atoms with Gasteiger partial charge in [-0.2, -0.15) is 0 Å². The number of nitrogens with one attached hydrogen (secondary N) is 1. The molecule has 0 spiro atoms. The van der Waals surface area contributed by atoms with Gasteiger partial charge < -0.3 is 20.2 Å². The standard InChI is InChI=1S/C15H29N3O3/c1-5-15(13(19)20)8-9-18(11-15)14(21)16-12(4)10-17(6-2)7-3/h12H,5-11H2,1-4H3,(H,16,21)(H,19,20). The summed E-state index contributed by atoms with van der Waals surface area (Å²) in [5, 5.41) is 12.3. The second-order valence-corrected chi connectivity index (χ2v) is 5.95. The van der Waals surface area contributed by atoms with Crippen LogP contribution in [0.2, 0.25) is 0 Å². The lowest BCUT2D eigenvalue weighted by Crippen LogP contribution is -2.48. The van der Waals surface area contributed by atoms with Gasteiger partial charge in [0.25, 0.3) is 0 Å². The number of carboxylic acid groups (broad SMARTS) is 1. The number of nitrogens with zero attached hydrogens (tertiary/aromatic N) is 2. The Labute approximate surface area is 127 Å². The highest BCUT2D eigenvalue weighted by Gasteiger charge is 2.44. The van der Waals surface area contributed by atoms with E-state index in [-0.39, 0.29) is 12.1 Å². The number of hydrogen-bond donors (Lipinski definition) is 2. The summed E-state index contributed by atoms with van der Waals surface area (Å²) in [5.74, 6) is -0.795. The fourth-order valence-electron chi connectivity index (χ4n) is 2.88. The summed E-state index contributed by atoms with van der Waals surface area (Å²) < 4.78 is 0. The van der Waals surface area contributed by atoms with Gasteiger partial charge in [0.15, 0.2) is 0 Å². The molecule has 0 bridgehead atoms. The number of carbonyl (C=O) groups excluding carboxylic acids is 1. The average Bonchev–Trinajstić information content (AvgIpc) is 2.90. The molecule has 0 saturated carbocycles. The minimum Gasteiger partial charge on any atom is -0.481 e. The van der Waals surface area contributed by atoms with Gasteiger partial charge in [0.05, 0.1) is 5.41 Å². The lowest BCUT2D eigenvalue weighted by molar-refractivity contribution is -0.148. The van der Waals surface area contributed by atoms with E-state index < -0.39 is 11.4 Å². The molecule has 6 heteroatoms. The van der Waals surface area contributed by atoms with E-state index in [9.17, 15) is 14.7 Å². The van der Waals surface area contributed by atoms with Crippen LogP contribution in [0.3, 0.4) is 0 Å². The first-order valence-corrected chi connectivity index (χ1v) is 7.89. The summed E-state index contributed by atoms with van der Waals surface area (Å²) in [6.45, 7) is 11.6. The molecule has 21 heavy (non-hydrogen) atoms. The molecule has 122 valence electrons. The van der Waals surface area contributed by atoms with Gasteiger partial charge in [0, 0.05) is 25.7 Å². The lowest BCUT2D eigenvalue weighted by atomic mass is 9.84. The van der Waals surface area contributed by atoms with Crippen LogP contribution in [0.5, 0.6) is 0 Å². The molecule has 0 radical (unpaired) electrons. The zero-order chi connectivity index (χ0) is 16.0. The number of hydrogen-bond acceptors (Lipinski definition) is 3. The van der Waals surface area contributed by atoms with E-state index in [0.29, 0.717) is 25.9 Å². The summed E-state index contributed by atoms with van der Waals surface area (Å²) in [4.78, 5) is 27.5. The summed E-state index contributed by atoms with van der Waals surface area (Å²) in [6.07, 6.45) is 1.10. The van der Waals surface area contributed by atoms with Crippen molar-refractivity contribution in [2.45, 2.75) is 46.6 Å². The van der Waals surface area contributed by atoms with Crippen molar-refractivity contribution in [3.8, 4) is 0 Å². The van der Waals surface area contributed by atoms with Crippen LogP contribution in [0, 0.1) is 5.41 Å². The third kappa shape index (κ3) is 4.33. The van der Waals surface area contributed by atoms with Gasteiger partial charge in [-0.15, -0.1) is 0 Å². The van der Waals surface area contributed by atoms with Crippen LogP contribution in [-0.4, -0.2) is 65.7 Å². The second kappa shape index (κ2) is 7.64. The largest absolute Gasteiger partial charge is 0.481 e. The first kappa shape index (κ1) is 17.8. The topological polar surface area (TPSA) is 72.9 Å². The third-order valence-corrected chi connectivity index (χ3v) is 4.57. The van der Waals surface area contributed by atoms with Gasteiger partial charge in [-0.1, -0.05) is 20.8 Å². The number of likely N-dealkylation sites (N-methyl/N-ethyl adjacent to an activating group) is 1. The maximum atomic E-state index is 12.2. The summed E-state index contributed by atoms with van der Waals surface area (Å²) in [5.41, 5.74) is -0.764. The number of rotatable bonds is 7. The van der Waals surface area contributed by atoms with Crippen molar-refractivity contribution in [2.24, 2.45) is 5.41 Å². The molecule has 6 nitrogen and oxygen atoms in total. The minimum atomic E-state index is -0.795. The maximum Gasteiger partial charge on any atom is 0.317 e. The van der Waals surface area contributed by atoms with Crippen molar-refractivity contribution in [3.05, 3.63) is 0 Å². The van der Waals surface area contributed by atoms with Crippen LogP contribution in [-0.2, 0) is 4.79 Å². The van der Waals surface area contributed by atoms with Crippen molar-refractivity contribution in [1.29, 1.82) is 0 Å². The highest BCUT2D eigenvalue weighted by atomic mass is 16.4. The summed E-state index contributed by atoms with van der Waals surface area (Å²) >= 11 is 0. The third-order valence-electron chi connectivity index (χ3n) is 4.57. The van der Waals surface area contributed by atoms with Crippen LogP contribution in [0.4, 0.5) is 4.79 Å². The smallest absolute Gasteiger partial charge is 0.317 e. The predicted octanol–water partition coefficient (Wildman–Crippen LogP) is 1.61. The van der Waals surface area contributed by atoms with E-state index >= 15 is 0 Å². The molecular weight excluding hydrogens is 270 g/mol. The maximum absolute atomic E-state index is 12.2. The molecule has 1 rings (SSSR count). The number of carboxylic acids is 1. The number of amides is 2. The monoisotopic (exact) mass is 299 g/mol. The van der Waals surface area contributed by atoms with E-state index in [1.54, 1.807) is 4.90 Å². The number of urea groups is 1. The molecule has 1 saturated heterocycles. The van der Waals surface area contributed by atoms with E-state index in [1.807, 2.05) is 13.8 Å². The van der Waals surface area contributed by atoms with Crippen molar-refractivity contribution >= 4 is 12.0 Å². The Kier molecular flexibility index (Phi) is 6.45. The SMILES string of the molecule is CCN(CC)CC(C)NC(=O)N1CCC(CC)(C(=O)O)C1. The van der Waals surface area contributed by atoms with E-state index in [0.717, 1.165) is 19.6 Å². The molecule has 2 amide bonds. The molecule has 0 aromatic rings. The molecule has 1 fully saturated rings. The number of carbonyl (C=O) groups is 2. The first-order chi connectivity index (χ1) is 9.88. The Bertz CT molecular complexity index is 371. The fourth-order valence-corrected chi connectivity index (χ4v) is 2.88. The minimum absolute atomic E-state index is 0.0545. The molecule has 1 heterocycles. The second-order valence-electron chi connectivity index (χ2n) is 5.95. The highest BCUT2D eigenvalue weighted by Crippen LogP contribution is 2.34. The van der Waals surface area contributed by atoms with Gasteiger partial charge in [-0.05, 0) is 32.9 Å². The van der Waals surface area contributed by atoms with E-state index in [2.05, 4.69) is 24.1 Å².